The van der Waals surface area contributed by atoms with Crippen LogP contribution in [0.4, 0.5) is 5.69 Å². The van der Waals surface area contributed by atoms with Gasteiger partial charge in [0.05, 0.1) is 24.9 Å². The first-order valence-corrected chi connectivity index (χ1v) is 13.7. The third kappa shape index (κ3) is 4.59. The van der Waals surface area contributed by atoms with E-state index in [0.717, 1.165) is 16.7 Å². The minimum Gasteiger partial charge on any atom is -0.466 e. The van der Waals surface area contributed by atoms with Gasteiger partial charge in [-0.2, -0.15) is 5.10 Å². The van der Waals surface area contributed by atoms with Crippen LogP contribution in [0.5, 0.6) is 0 Å². The van der Waals surface area contributed by atoms with Gasteiger partial charge in [-0.05, 0) is 41.8 Å². The van der Waals surface area contributed by atoms with Crippen molar-refractivity contribution < 1.29 is 19.1 Å². The summed E-state index contributed by atoms with van der Waals surface area (Å²) in [6, 6.07) is 33.7. The predicted molar refractivity (Wildman–Crippen MR) is 161 cm³/mol. The number of carbonyl (C=O) groups is 3. The number of aryl methyl sites for hydroxylation is 1. The lowest BCUT2D eigenvalue weighted by atomic mass is 9.70. The highest BCUT2D eigenvalue weighted by atomic mass is 16.5. The third-order valence-corrected chi connectivity index (χ3v) is 7.81. The van der Waals surface area contributed by atoms with Crippen molar-refractivity contribution >= 4 is 29.2 Å². The van der Waals surface area contributed by atoms with E-state index in [1.165, 1.54) is 18.3 Å². The Morgan fingerprint density at radius 3 is 2.19 bits per heavy atom. The molecular formula is C35H29N3O4. The second-order valence-corrected chi connectivity index (χ2v) is 10.4. The minimum atomic E-state index is -1.48. The lowest BCUT2D eigenvalue weighted by molar-refractivity contribution is -0.138. The Hall–Kier alpha value is -5.30. The summed E-state index contributed by atoms with van der Waals surface area (Å²) in [5.74, 6) is -1.41. The van der Waals surface area contributed by atoms with Crippen LogP contribution in [0, 0.1) is 6.92 Å². The van der Waals surface area contributed by atoms with Gasteiger partial charge in [0.25, 0.3) is 5.91 Å². The molecule has 0 radical (unpaired) electrons. The number of rotatable bonds is 5. The molecule has 0 fully saturated rings. The van der Waals surface area contributed by atoms with Gasteiger partial charge in [-0.25, -0.2) is 9.80 Å². The molecule has 6 rings (SSSR count). The molecule has 2 aliphatic rings. The van der Waals surface area contributed by atoms with Gasteiger partial charge in [-0.3, -0.25) is 9.59 Å². The van der Waals surface area contributed by atoms with Gasteiger partial charge in [-0.1, -0.05) is 96.6 Å². The van der Waals surface area contributed by atoms with Crippen LogP contribution in [0.25, 0.3) is 0 Å². The van der Waals surface area contributed by atoms with E-state index < -0.39 is 17.3 Å². The van der Waals surface area contributed by atoms with Crippen LogP contribution in [0.3, 0.4) is 0 Å². The lowest BCUT2D eigenvalue weighted by Crippen LogP contribution is -2.45. The van der Waals surface area contributed by atoms with Crippen molar-refractivity contribution in [2.24, 2.45) is 5.10 Å². The van der Waals surface area contributed by atoms with Gasteiger partial charge in [0, 0.05) is 23.9 Å². The number of nitrogens with zero attached hydrogens (tertiary/aromatic N) is 3. The first kappa shape index (κ1) is 26.9. The Balaban J connectivity index is 1.60. The number of esters is 1. The molecule has 0 aromatic heterocycles. The summed E-state index contributed by atoms with van der Waals surface area (Å²) >= 11 is 0. The van der Waals surface area contributed by atoms with Gasteiger partial charge < -0.3 is 9.64 Å². The smallest absolute Gasteiger partial charge is 0.336 e. The van der Waals surface area contributed by atoms with E-state index in [-0.39, 0.29) is 17.9 Å². The average molecular weight is 556 g/mol. The number of amides is 2. The SMILES string of the molecule is COC(=O)C1=CN(C(=O)c2ccccc2)N=C(c2ccccc2)CC12C(=O)N(Cc1ccccc1)c1ccc(C)cc12. The summed E-state index contributed by atoms with van der Waals surface area (Å²) < 4.78 is 5.29. The lowest BCUT2D eigenvalue weighted by Gasteiger charge is -2.29. The van der Waals surface area contributed by atoms with Crippen LogP contribution in [-0.4, -0.2) is 35.6 Å². The van der Waals surface area contributed by atoms with Crippen molar-refractivity contribution in [1.29, 1.82) is 0 Å². The van der Waals surface area contributed by atoms with Gasteiger partial charge >= 0.3 is 5.97 Å². The maximum atomic E-state index is 14.9. The number of benzene rings is 4. The molecule has 2 aliphatic heterocycles. The molecule has 0 aliphatic carbocycles. The minimum absolute atomic E-state index is 0.0522. The van der Waals surface area contributed by atoms with Gasteiger partial charge in [0.2, 0.25) is 5.91 Å². The average Bonchev–Trinajstić information content (AvgIpc) is 3.15. The predicted octanol–water partition coefficient (Wildman–Crippen LogP) is 5.79. The summed E-state index contributed by atoms with van der Waals surface area (Å²) in [6.45, 7) is 2.27. The van der Waals surface area contributed by atoms with Crippen molar-refractivity contribution in [3.8, 4) is 0 Å². The largest absolute Gasteiger partial charge is 0.466 e. The molecule has 2 amide bonds. The number of methoxy groups -OCH3 is 1. The molecule has 7 nitrogen and oxygen atoms in total. The zero-order valence-corrected chi connectivity index (χ0v) is 23.4. The van der Waals surface area contributed by atoms with Crippen molar-refractivity contribution in [2.45, 2.75) is 25.3 Å². The molecule has 1 unspecified atom stereocenters. The van der Waals surface area contributed by atoms with Crippen LogP contribution < -0.4 is 4.90 Å². The first-order chi connectivity index (χ1) is 20.4. The van der Waals surface area contributed by atoms with Crippen LogP contribution in [0.15, 0.2) is 126 Å². The molecule has 7 heteroatoms. The maximum absolute atomic E-state index is 14.9. The molecule has 0 bridgehead atoms. The summed E-state index contributed by atoms with van der Waals surface area (Å²) in [5.41, 5.74) is 3.47. The van der Waals surface area contributed by atoms with Crippen molar-refractivity contribution in [3.05, 3.63) is 149 Å². The zero-order chi connectivity index (χ0) is 29.3. The molecule has 1 atom stereocenters. The van der Waals surface area contributed by atoms with Crippen LogP contribution >= 0.6 is 0 Å². The number of ether oxygens (including phenoxy) is 1. The second kappa shape index (κ2) is 10.9. The Kier molecular flexibility index (Phi) is 7.00. The quantitative estimate of drug-likeness (QED) is 0.292. The Morgan fingerprint density at radius 1 is 0.881 bits per heavy atom. The van der Waals surface area contributed by atoms with Crippen molar-refractivity contribution in [1.82, 2.24) is 5.01 Å². The molecular weight excluding hydrogens is 526 g/mol. The maximum Gasteiger partial charge on any atom is 0.336 e. The molecule has 208 valence electrons. The topological polar surface area (TPSA) is 79.3 Å². The van der Waals surface area contributed by atoms with E-state index in [2.05, 4.69) is 0 Å². The summed E-state index contributed by atoms with van der Waals surface area (Å²) in [6.07, 6.45) is 1.43. The monoisotopic (exact) mass is 555 g/mol. The second-order valence-electron chi connectivity index (χ2n) is 10.4. The van der Waals surface area contributed by atoms with E-state index >= 15 is 0 Å². The molecule has 42 heavy (non-hydrogen) atoms. The number of anilines is 1. The molecule has 1 spiro atoms. The van der Waals surface area contributed by atoms with E-state index in [4.69, 9.17) is 9.84 Å². The van der Waals surface area contributed by atoms with Crippen molar-refractivity contribution in [2.75, 3.05) is 12.0 Å². The fraction of sp³-hybridized carbons (Fsp3) is 0.143. The number of fused-ring (bicyclic) bond motifs is 2. The molecule has 2 heterocycles. The van der Waals surface area contributed by atoms with Gasteiger partial charge in [0.15, 0.2) is 0 Å². The first-order valence-electron chi connectivity index (χ1n) is 13.7. The summed E-state index contributed by atoms with van der Waals surface area (Å²) in [4.78, 5) is 44.1. The standard InChI is InChI=1S/C35H29N3O4/c1-24-18-19-31-28(20-24)35(34(41)37(31)22-25-12-6-3-7-13-25)21-30(26-14-8-4-9-15-26)36-38(23-29(35)33(40)42-2)32(39)27-16-10-5-11-17-27/h3-20,23H,21-22H2,1-2H3. The van der Waals surface area contributed by atoms with E-state index in [0.29, 0.717) is 29.1 Å². The van der Waals surface area contributed by atoms with Gasteiger partial charge in [-0.15, -0.1) is 0 Å². The molecule has 0 saturated carbocycles. The fourth-order valence-corrected chi connectivity index (χ4v) is 5.75. The number of carbonyl (C=O) groups excluding carboxylic acids is 3. The van der Waals surface area contributed by atoms with Crippen LogP contribution in [0.1, 0.15) is 39.0 Å². The molecule has 0 saturated heterocycles. The summed E-state index contributed by atoms with van der Waals surface area (Å²) in [5, 5.41) is 5.96. The van der Waals surface area contributed by atoms with Crippen LogP contribution in [-0.2, 0) is 26.3 Å². The number of hydrogen-bond acceptors (Lipinski definition) is 5. The Morgan fingerprint density at radius 2 is 1.52 bits per heavy atom. The van der Waals surface area contributed by atoms with Gasteiger partial charge in [0.1, 0.15) is 5.41 Å². The Labute approximate surface area is 244 Å². The Bertz CT molecular complexity index is 1730. The number of hydrazone groups is 1. The third-order valence-electron chi connectivity index (χ3n) is 7.81. The molecule has 4 aromatic carbocycles. The highest BCUT2D eigenvalue weighted by Crippen LogP contribution is 2.51. The van der Waals surface area contributed by atoms with E-state index in [1.54, 1.807) is 29.2 Å². The normalized spacial score (nSPS) is 17.8. The zero-order valence-electron chi connectivity index (χ0n) is 23.4. The highest BCUT2D eigenvalue weighted by molar-refractivity contribution is 6.19. The number of hydrogen-bond donors (Lipinski definition) is 0. The van der Waals surface area contributed by atoms with Crippen LogP contribution in [0.2, 0.25) is 0 Å². The molecule has 4 aromatic rings. The van der Waals surface area contributed by atoms with Crippen molar-refractivity contribution in [3.63, 3.8) is 0 Å². The van der Waals surface area contributed by atoms with E-state index in [9.17, 15) is 14.4 Å². The fourth-order valence-electron chi connectivity index (χ4n) is 5.75. The van der Waals surface area contributed by atoms with E-state index in [1.807, 2.05) is 91.9 Å². The molecule has 0 N–H and O–H groups in total. The summed E-state index contributed by atoms with van der Waals surface area (Å²) in [7, 11) is 1.28. The highest BCUT2D eigenvalue weighted by Gasteiger charge is 2.57.